The molecule has 0 saturated carbocycles. The number of aryl methyl sites for hydroxylation is 2. The fourth-order valence-electron chi connectivity index (χ4n) is 2.25. The zero-order valence-electron chi connectivity index (χ0n) is 10.4. The first-order valence-electron chi connectivity index (χ1n) is 5.95. The van der Waals surface area contributed by atoms with Gasteiger partial charge in [-0.1, -0.05) is 54.1 Å². The predicted octanol–water partition coefficient (Wildman–Crippen LogP) is 3.43. The third kappa shape index (κ3) is 2.56. The van der Waals surface area contributed by atoms with E-state index in [0.29, 0.717) is 0 Å². The van der Waals surface area contributed by atoms with Crippen LogP contribution in [0.2, 0.25) is 0 Å². The molecule has 88 valence electrons. The van der Waals surface area contributed by atoms with E-state index in [-0.39, 0.29) is 12.5 Å². The van der Waals surface area contributed by atoms with E-state index >= 15 is 0 Å². The minimum absolute atomic E-state index is 0.0797. The summed E-state index contributed by atoms with van der Waals surface area (Å²) in [5, 5.41) is 9.65. The molecule has 0 radical (unpaired) electrons. The van der Waals surface area contributed by atoms with Crippen molar-refractivity contribution >= 4 is 0 Å². The van der Waals surface area contributed by atoms with Crippen molar-refractivity contribution in [1.29, 1.82) is 0 Å². The monoisotopic (exact) mass is 226 g/mol. The van der Waals surface area contributed by atoms with Gasteiger partial charge in [0.2, 0.25) is 0 Å². The fraction of sp³-hybridized carbons (Fsp3) is 0.250. The molecular formula is C16H18O. The molecule has 0 amide bonds. The highest BCUT2D eigenvalue weighted by Gasteiger charge is 2.14. The molecule has 1 unspecified atom stereocenters. The van der Waals surface area contributed by atoms with Gasteiger partial charge in [-0.05, 0) is 30.5 Å². The Morgan fingerprint density at radius 3 is 2.41 bits per heavy atom. The van der Waals surface area contributed by atoms with Crippen LogP contribution in [-0.4, -0.2) is 11.7 Å². The van der Waals surface area contributed by atoms with Gasteiger partial charge in [-0.2, -0.15) is 0 Å². The van der Waals surface area contributed by atoms with Crippen LogP contribution in [0.1, 0.15) is 28.2 Å². The Morgan fingerprint density at radius 1 is 1.00 bits per heavy atom. The second-order valence-electron chi connectivity index (χ2n) is 4.51. The van der Waals surface area contributed by atoms with Crippen molar-refractivity contribution in [2.24, 2.45) is 0 Å². The highest BCUT2D eigenvalue weighted by atomic mass is 16.3. The molecule has 0 heterocycles. The normalized spacial score (nSPS) is 12.4. The van der Waals surface area contributed by atoms with E-state index in [1.807, 2.05) is 18.2 Å². The summed E-state index contributed by atoms with van der Waals surface area (Å²) in [5.41, 5.74) is 4.85. The van der Waals surface area contributed by atoms with Crippen molar-refractivity contribution < 1.29 is 5.11 Å². The molecule has 1 atom stereocenters. The topological polar surface area (TPSA) is 20.2 Å². The number of aliphatic hydroxyl groups excluding tert-OH is 1. The van der Waals surface area contributed by atoms with Gasteiger partial charge >= 0.3 is 0 Å². The summed E-state index contributed by atoms with van der Waals surface area (Å²) >= 11 is 0. The second kappa shape index (κ2) is 5.15. The standard InChI is InChI=1S/C16H18O/c1-12-6-5-8-14(10-12)16(11-17)15-9-4-3-7-13(15)2/h3-10,16-17H,11H2,1-2H3. The van der Waals surface area contributed by atoms with Gasteiger partial charge in [-0.3, -0.25) is 0 Å². The maximum atomic E-state index is 9.65. The van der Waals surface area contributed by atoms with Gasteiger partial charge in [-0.15, -0.1) is 0 Å². The number of hydrogen-bond acceptors (Lipinski definition) is 1. The van der Waals surface area contributed by atoms with E-state index in [0.717, 1.165) is 0 Å². The Labute approximate surface area is 103 Å². The molecule has 0 aliphatic carbocycles. The van der Waals surface area contributed by atoms with Crippen LogP contribution in [0.4, 0.5) is 0 Å². The van der Waals surface area contributed by atoms with Crippen LogP contribution >= 0.6 is 0 Å². The lowest BCUT2D eigenvalue weighted by Gasteiger charge is -2.18. The number of benzene rings is 2. The maximum Gasteiger partial charge on any atom is 0.0540 e. The maximum absolute atomic E-state index is 9.65. The van der Waals surface area contributed by atoms with Crippen molar-refractivity contribution in [3.05, 3.63) is 70.8 Å². The summed E-state index contributed by atoms with van der Waals surface area (Å²) in [6, 6.07) is 16.6. The van der Waals surface area contributed by atoms with Crippen LogP contribution < -0.4 is 0 Å². The Hall–Kier alpha value is -1.60. The van der Waals surface area contributed by atoms with Gasteiger partial charge in [0.05, 0.1) is 6.61 Å². The zero-order chi connectivity index (χ0) is 12.3. The van der Waals surface area contributed by atoms with Gasteiger partial charge in [-0.25, -0.2) is 0 Å². The molecule has 0 spiro atoms. The minimum Gasteiger partial charge on any atom is -0.395 e. The molecule has 0 bridgehead atoms. The average molecular weight is 226 g/mol. The van der Waals surface area contributed by atoms with E-state index in [2.05, 4.69) is 44.2 Å². The summed E-state index contributed by atoms with van der Waals surface area (Å²) in [5.74, 6) is 0.0797. The van der Waals surface area contributed by atoms with Crippen molar-refractivity contribution in [3.63, 3.8) is 0 Å². The van der Waals surface area contributed by atoms with E-state index in [9.17, 15) is 5.11 Å². The second-order valence-corrected chi connectivity index (χ2v) is 4.51. The summed E-state index contributed by atoms with van der Waals surface area (Å²) in [6.45, 7) is 4.32. The molecule has 2 aromatic rings. The van der Waals surface area contributed by atoms with Crippen molar-refractivity contribution in [2.75, 3.05) is 6.61 Å². The Morgan fingerprint density at radius 2 is 1.76 bits per heavy atom. The molecule has 1 nitrogen and oxygen atoms in total. The van der Waals surface area contributed by atoms with E-state index in [4.69, 9.17) is 0 Å². The molecule has 1 N–H and O–H groups in total. The lowest BCUT2D eigenvalue weighted by Crippen LogP contribution is -2.07. The third-order valence-electron chi connectivity index (χ3n) is 3.19. The van der Waals surface area contributed by atoms with E-state index in [1.54, 1.807) is 0 Å². The quantitative estimate of drug-likeness (QED) is 0.850. The van der Waals surface area contributed by atoms with Crippen molar-refractivity contribution in [1.82, 2.24) is 0 Å². The Bertz CT molecular complexity index is 502. The largest absolute Gasteiger partial charge is 0.395 e. The number of rotatable bonds is 3. The Balaban J connectivity index is 2.44. The van der Waals surface area contributed by atoms with Crippen LogP contribution in [0.3, 0.4) is 0 Å². The van der Waals surface area contributed by atoms with Gasteiger partial charge < -0.3 is 5.11 Å². The molecule has 0 aromatic heterocycles. The molecule has 2 rings (SSSR count). The van der Waals surface area contributed by atoms with Crippen LogP contribution in [0.15, 0.2) is 48.5 Å². The molecule has 0 fully saturated rings. The van der Waals surface area contributed by atoms with E-state index < -0.39 is 0 Å². The zero-order valence-corrected chi connectivity index (χ0v) is 10.4. The summed E-state index contributed by atoms with van der Waals surface area (Å²) in [4.78, 5) is 0. The molecule has 2 aromatic carbocycles. The smallest absolute Gasteiger partial charge is 0.0540 e. The third-order valence-corrected chi connectivity index (χ3v) is 3.19. The highest BCUT2D eigenvalue weighted by molar-refractivity contribution is 5.38. The fourth-order valence-corrected chi connectivity index (χ4v) is 2.25. The lowest BCUT2D eigenvalue weighted by atomic mass is 9.88. The molecule has 0 saturated heterocycles. The first-order valence-corrected chi connectivity index (χ1v) is 5.95. The van der Waals surface area contributed by atoms with Crippen molar-refractivity contribution in [3.8, 4) is 0 Å². The lowest BCUT2D eigenvalue weighted by molar-refractivity contribution is 0.280. The van der Waals surface area contributed by atoms with E-state index in [1.165, 1.54) is 22.3 Å². The summed E-state index contributed by atoms with van der Waals surface area (Å²) in [7, 11) is 0. The van der Waals surface area contributed by atoms with Crippen molar-refractivity contribution in [2.45, 2.75) is 19.8 Å². The number of hydrogen-bond donors (Lipinski definition) is 1. The highest BCUT2D eigenvalue weighted by Crippen LogP contribution is 2.27. The van der Waals surface area contributed by atoms with Crippen LogP contribution in [-0.2, 0) is 0 Å². The molecule has 0 aliphatic rings. The first kappa shape index (κ1) is 11.9. The number of aliphatic hydroxyl groups is 1. The first-order chi connectivity index (χ1) is 8.22. The van der Waals surface area contributed by atoms with Gasteiger partial charge in [0.1, 0.15) is 0 Å². The predicted molar refractivity (Wildman–Crippen MR) is 71.3 cm³/mol. The van der Waals surface area contributed by atoms with Gasteiger partial charge in [0.15, 0.2) is 0 Å². The van der Waals surface area contributed by atoms with Crippen LogP contribution in [0.25, 0.3) is 0 Å². The minimum atomic E-state index is 0.0797. The molecular weight excluding hydrogens is 208 g/mol. The summed E-state index contributed by atoms with van der Waals surface area (Å²) < 4.78 is 0. The molecule has 1 heteroatoms. The van der Waals surface area contributed by atoms with Gasteiger partial charge in [0.25, 0.3) is 0 Å². The van der Waals surface area contributed by atoms with Crippen LogP contribution in [0, 0.1) is 13.8 Å². The molecule has 0 aliphatic heterocycles. The molecule has 17 heavy (non-hydrogen) atoms. The summed E-state index contributed by atoms with van der Waals surface area (Å²) in [6.07, 6.45) is 0. The Kier molecular flexibility index (Phi) is 3.60. The average Bonchev–Trinajstić information content (AvgIpc) is 2.33. The van der Waals surface area contributed by atoms with Gasteiger partial charge in [0, 0.05) is 5.92 Å². The SMILES string of the molecule is Cc1cccc(C(CO)c2ccccc2C)c1. The van der Waals surface area contributed by atoms with Crippen LogP contribution in [0.5, 0.6) is 0 Å².